The Balaban J connectivity index is 1.42. The summed E-state index contributed by atoms with van der Waals surface area (Å²) in [6.07, 6.45) is 6.29. The molecule has 1 fully saturated rings. The lowest BCUT2D eigenvalue weighted by Gasteiger charge is -2.55. The molecule has 2 unspecified atom stereocenters. The van der Waals surface area contributed by atoms with Crippen LogP contribution in [0.2, 0.25) is 0 Å². The Kier molecular flexibility index (Phi) is 4.29. The molecular weight excluding hydrogens is 360 g/mol. The summed E-state index contributed by atoms with van der Waals surface area (Å²) in [7, 11) is 0. The molecule has 2 aromatic heterocycles. The van der Waals surface area contributed by atoms with Crippen LogP contribution in [0.15, 0.2) is 21.5 Å². The predicted octanol–water partition coefficient (Wildman–Crippen LogP) is 3.24. The van der Waals surface area contributed by atoms with Crippen LogP contribution in [0, 0.1) is 31.1 Å². The molecule has 142 valence electrons. The first-order valence-electron chi connectivity index (χ1n) is 9.28. The summed E-state index contributed by atoms with van der Waals surface area (Å²) in [5, 5.41) is 4.74. The number of nitrogens with one attached hydrogen (secondary N) is 2. The largest absolute Gasteiger partial charge is 0.309 e. The van der Waals surface area contributed by atoms with Gasteiger partial charge in [-0.25, -0.2) is 10.4 Å². The zero-order valence-electron chi connectivity index (χ0n) is 16.0. The summed E-state index contributed by atoms with van der Waals surface area (Å²) < 4.78 is 0. The highest BCUT2D eigenvalue weighted by Crippen LogP contribution is 2.58. The number of hydrazone groups is 1. The molecule has 1 amide bonds. The quantitative estimate of drug-likeness (QED) is 0.627. The molecule has 1 saturated carbocycles. The minimum Gasteiger partial charge on any atom is -0.309 e. The van der Waals surface area contributed by atoms with Crippen LogP contribution < -0.4 is 11.0 Å². The van der Waals surface area contributed by atoms with Crippen molar-refractivity contribution in [2.75, 3.05) is 0 Å². The van der Waals surface area contributed by atoms with Gasteiger partial charge in [-0.2, -0.15) is 5.10 Å². The molecule has 6 nitrogen and oxygen atoms in total. The van der Waals surface area contributed by atoms with Crippen molar-refractivity contribution in [3.8, 4) is 0 Å². The Morgan fingerprint density at radius 3 is 2.96 bits per heavy atom. The van der Waals surface area contributed by atoms with E-state index >= 15 is 0 Å². The number of aryl methyl sites for hydroxylation is 2. The highest BCUT2D eigenvalue weighted by atomic mass is 32.1. The van der Waals surface area contributed by atoms with Crippen molar-refractivity contribution in [1.29, 1.82) is 0 Å². The molecule has 5 rings (SSSR count). The van der Waals surface area contributed by atoms with Crippen LogP contribution in [0.25, 0.3) is 10.2 Å². The summed E-state index contributed by atoms with van der Waals surface area (Å²) in [5.41, 5.74) is 4.85. The summed E-state index contributed by atoms with van der Waals surface area (Å²) in [6, 6.07) is 0. The molecule has 3 aliphatic rings. The van der Waals surface area contributed by atoms with Gasteiger partial charge in [-0.15, -0.1) is 11.3 Å². The van der Waals surface area contributed by atoms with Gasteiger partial charge in [0.05, 0.1) is 18.0 Å². The number of carbonyl (C=O) groups excluding carboxylic acids is 1. The smallest absolute Gasteiger partial charge is 0.259 e. The number of aromatic amines is 1. The molecule has 0 aliphatic heterocycles. The SMILES string of the molecule is Cc1sc2nc(CC(=O)N/N=C/C3=CCC4CC3C4(C)C)[nH]c(=O)c2c1C. The Labute approximate surface area is 161 Å². The maximum Gasteiger partial charge on any atom is 0.259 e. The maximum atomic E-state index is 12.3. The minimum atomic E-state index is -0.291. The van der Waals surface area contributed by atoms with Gasteiger partial charge in [0.2, 0.25) is 5.91 Å². The van der Waals surface area contributed by atoms with Gasteiger partial charge < -0.3 is 4.98 Å². The Morgan fingerprint density at radius 2 is 2.26 bits per heavy atom. The van der Waals surface area contributed by atoms with E-state index in [0.717, 1.165) is 22.8 Å². The lowest BCUT2D eigenvalue weighted by atomic mass is 9.49. The summed E-state index contributed by atoms with van der Waals surface area (Å²) >= 11 is 1.48. The van der Waals surface area contributed by atoms with Crippen molar-refractivity contribution >= 4 is 33.7 Å². The summed E-state index contributed by atoms with van der Waals surface area (Å²) in [4.78, 5) is 33.4. The Morgan fingerprint density at radius 1 is 1.48 bits per heavy atom. The molecule has 0 spiro atoms. The van der Waals surface area contributed by atoms with Crippen LogP contribution in [0.5, 0.6) is 0 Å². The van der Waals surface area contributed by atoms with Crippen LogP contribution in [0.1, 0.15) is 43.0 Å². The number of carbonyl (C=O) groups is 1. The molecule has 2 N–H and O–H groups in total. The molecular formula is C20H24N4O2S. The molecule has 3 aliphatic carbocycles. The zero-order chi connectivity index (χ0) is 19.3. The fourth-order valence-corrected chi connectivity index (χ4v) is 5.35. The summed E-state index contributed by atoms with van der Waals surface area (Å²) in [5.74, 6) is 1.38. The molecule has 2 heterocycles. The van der Waals surface area contributed by atoms with Gasteiger partial charge in [0, 0.05) is 4.88 Å². The zero-order valence-corrected chi connectivity index (χ0v) is 16.9. The number of amides is 1. The average molecular weight is 385 g/mol. The first kappa shape index (κ1) is 18.1. The van der Waals surface area contributed by atoms with E-state index in [1.54, 1.807) is 6.21 Å². The van der Waals surface area contributed by atoms with Crippen molar-refractivity contribution < 1.29 is 4.79 Å². The normalized spacial score (nSPS) is 23.3. The van der Waals surface area contributed by atoms with Crippen LogP contribution in [-0.2, 0) is 11.2 Å². The molecule has 2 atom stereocenters. The van der Waals surface area contributed by atoms with Crippen molar-refractivity contribution in [3.05, 3.63) is 38.3 Å². The van der Waals surface area contributed by atoms with Crippen molar-refractivity contribution in [2.45, 2.75) is 47.0 Å². The first-order valence-corrected chi connectivity index (χ1v) is 10.1. The number of allylic oxidation sites excluding steroid dienone is 2. The number of thiophene rings is 1. The molecule has 0 aromatic carbocycles. The van der Waals surface area contributed by atoms with Crippen LogP contribution in [-0.4, -0.2) is 22.1 Å². The standard InChI is InChI=1S/C20H24N4O2S/c1-10-11(2)27-19-17(10)18(26)22-15(23-19)8-16(25)24-21-9-12-5-6-13-7-14(12)20(13,3)4/h5,9,13-14H,6-8H2,1-4H3,(H,24,25)(H,22,23,26)/b21-9+. The molecule has 2 bridgehead atoms. The van der Waals surface area contributed by atoms with Gasteiger partial charge in [-0.05, 0) is 55.1 Å². The van der Waals surface area contributed by atoms with Gasteiger partial charge >= 0.3 is 0 Å². The fraction of sp³-hybridized carbons (Fsp3) is 0.500. The second kappa shape index (κ2) is 6.41. The Hall–Kier alpha value is -2.28. The van der Waals surface area contributed by atoms with Crippen molar-refractivity contribution in [2.24, 2.45) is 22.4 Å². The average Bonchev–Trinajstić information content (AvgIpc) is 2.89. The van der Waals surface area contributed by atoms with Crippen LogP contribution in [0.3, 0.4) is 0 Å². The highest BCUT2D eigenvalue weighted by Gasteiger charge is 2.50. The lowest BCUT2D eigenvalue weighted by Crippen LogP contribution is -2.48. The van der Waals surface area contributed by atoms with Gasteiger partial charge in [-0.3, -0.25) is 9.59 Å². The van der Waals surface area contributed by atoms with Gasteiger partial charge in [0.25, 0.3) is 5.56 Å². The molecule has 27 heavy (non-hydrogen) atoms. The lowest BCUT2D eigenvalue weighted by molar-refractivity contribution is -0.120. The second-order valence-electron chi connectivity index (χ2n) is 8.19. The topological polar surface area (TPSA) is 87.2 Å². The number of hydrogen-bond acceptors (Lipinski definition) is 5. The second-order valence-corrected chi connectivity index (χ2v) is 9.40. The van der Waals surface area contributed by atoms with Gasteiger partial charge in [0.1, 0.15) is 10.7 Å². The number of nitrogens with zero attached hydrogens (tertiary/aromatic N) is 2. The van der Waals surface area contributed by atoms with E-state index in [-0.39, 0.29) is 17.9 Å². The van der Waals surface area contributed by atoms with Crippen molar-refractivity contribution in [1.82, 2.24) is 15.4 Å². The van der Waals surface area contributed by atoms with E-state index in [1.165, 1.54) is 23.3 Å². The van der Waals surface area contributed by atoms with Gasteiger partial charge in [-0.1, -0.05) is 19.9 Å². The monoisotopic (exact) mass is 384 g/mol. The number of aromatic nitrogens is 2. The van der Waals surface area contributed by atoms with E-state index in [1.807, 2.05) is 13.8 Å². The van der Waals surface area contributed by atoms with E-state index in [2.05, 4.69) is 40.4 Å². The molecule has 0 radical (unpaired) electrons. The van der Waals surface area contributed by atoms with Gasteiger partial charge in [0.15, 0.2) is 0 Å². The van der Waals surface area contributed by atoms with E-state index in [0.29, 0.717) is 27.4 Å². The van der Waals surface area contributed by atoms with E-state index in [9.17, 15) is 9.59 Å². The first-order chi connectivity index (χ1) is 12.8. The number of H-pyrrole nitrogens is 1. The third-order valence-electron chi connectivity index (χ3n) is 6.33. The van der Waals surface area contributed by atoms with Crippen LogP contribution >= 0.6 is 11.3 Å². The van der Waals surface area contributed by atoms with E-state index < -0.39 is 0 Å². The maximum absolute atomic E-state index is 12.3. The fourth-order valence-electron chi connectivity index (χ4n) is 4.30. The van der Waals surface area contributed by atoms with Crippen molar-refractivity contribution in [3.63, 3.8) is 0 Å². The number of hydrogen-bond donors (Lipinski definition) is 2. The Bertz CT molecular complexity index is 1040. The van der Waals surface area contributed by atoms with E-state index in [4.69, 9.17) is 0 Å². The number of rotatable bonds is 4. The molecule has 7 heteroatoms. The number of fused-ring (bicyclic) bond motifs is 2. The minimum absolute atomic E-state index is 0.00540. The molecule has 0 saturated heterocycles. The van der Waals surface area contributed by atoms with Crippen LogP contribution in [0.4, 0.5) is 0 Å². The third-order valence-corrected chi connectivity index (χ3v) is 7.43. The summed E-state index contributed by atoms with van der Waals surface area (Å²) in [6.45, 7) is 8.49. The molecule has 2 aromatic rings. The predicted molar refractivity (Wildman–Crippen MR) is 108 cm³/mol. The highest BCUT2D eigenvalue weighted by molar-refractivity contribution is 7.18. The third kappa shape index (κ3) is 3.04.